The lowest BCUT2D eigenvalue weighted by Gasteiger charge is -2.12. The van der Waals surface area contributed by atoms with Gasteiger partial charge >= 0.3 is 5.97 Å². The van der Waals surface area contributed by atoms with Crippen molar-refractivity contribution in [2.45, 2.75) is 16.7 Å². The number of hydrogen-bond acceptors (Lipinski definition) is 3. The summed E-state index contributed by atoms with van der Waals surface area (Å²) in [6.07, 6.45) is 1.77. The van der Waals surface area contributed by atoms with Crippen LogP contribution < -0.4 is 0 Å². The molecule has 1 heterocycles. The molecule has 20 heavy (non-hydrogen) atoms. The highest BCUT2D eigenvalue weighted by atomic mass is 79.9. The van der Waals surface area contributed by atoms with Gasteiger partial charge in [-0.25, -0.2) is 9.37 Å². The van der Waals surface area contributed by atoms with Crippen molar-refractivity contribution in [1.82, 2.24) is 4.98 Å². The monoisotopic (exact) mass is 355 g/mol. The smallest absolute Gasteiger partial charge is 0.317 e. The predicted molar refractivity (Wildman–Crippen MR) is 79.3 cm³/mol. The number of carboxylic acid groups (broad SMARTS) is 1. The van der Waals surface area contributed by atoms with Gasteiger partial charge in [0.15, 0.2) is 5.82 Å². The Morgan fingerprint density at radius 2 is 2.10 bits per heavy atom. The average molecular weight is 356 g/mol. The lowest BCUT2D eigenvalue weighted by atomic mass is 10.1. The zero-order valence-electron chi connectivity index (χ0n) is 10.3. The number of benzene rings is 1. The third-order valence-electron chi connectivity index (χ3n) is 2.57. The van der Waals surface area contributed by atoms with Crippen molar-refractivity contribution < 1.29 is 14.3 Å². The van der Waals surface area contributed by atoms with E-state index in [4.69, 9.17) is 0 Å². The van der Waals surface area contributed by atoms with Gasteiger partial charge in [-0.2, -0.15) is 0 Å². The number of thioether (sulfide) groups is 1. The van der Waals surface area contributed by atoms with Crippen LogP contribution in [0.25, 0.3) is 0 Å². The van der Waals surface area contributed by atoms with E-state index in [0.717, 1.165) is 17.3 Å². The molecule has 0 amide bonds. The van der Waals surface area contributed by atoms with Crippen molar-refractivity contribution in [3.8, 4) is 0 Å². The Hall–Kier alpha value is -1.40. The van der Waals surface area contributed by atoms with Crippen LogP contribution in [0.4, 0.5) is 4.39 Å². The molecule has 0 saturated heterocycles. The van der Waals surface area contributed by atoms with Gasteiger partial charge in [0, 0.05) is 10.7 Å². The summed E-state index contributed by atoms with van der Waals surface area (Å²) in [7, 11) is 0. The minimum absolute atomic E-state index is 0.0940. The van der Waals surface area contributed by atoms with Crippen LogP contribution in [-0.4, -0.2) is 21.3 Å². The van der Waals surface area contributed by atoms with E-state index in [1.807, 2.05) is 30.3 Å². The summed E-state index contributed by atoms with van der Waals surface area (Å²) in [6, 6.07) is 10.5. The zero-order chi connectivity index (χ0) is 14.5. The zero-order valence-corrected chi connectivity index (χ0v) is 12.7. The van der Waals surface area contributed by atoms with Gasteiger partial charge in [0.1, 0.15) is 10.3 Å². The minimum atomic E-state index is -0.983. The second-order valence-corrected chi connectivity index (χ2v) is 6.18. The van der Waals surface area contributed by atoms with Crippen LogP contribution in [0.5, 0.6) is 0 Å². The number of carboxylic acids is 1. The third kappa shape index (κ3) is 4.05. The predicted octanol–water partition coefficient (Wildman–Crippen LogP) is 3.77. The fourth-order valence-corrected chi connectivity index (χ4v) is 2.87. The Balaban J connectivity index is 2.15. The Bertz CT molecular complexity index is 609. The minimum Gasteiger partial charge on any atom is -0.480 e. The van der Waals surface area contributed by atoms with Crippen molar-refractivity contribution >= 4 is 33.7 Å². The van der Waals surface area contributed by atoms with E-state index < -0.39 is 17.0 Å². The fraction of sp³-hybridized carbons (Fsp3) is 0.143. The summed E-state index contributed by atoms with van der Waals surface area (Å²) in [4.78, 5) is 15.2. The maximum Gasteiger partial charge on any atom is 0.317 e. The molecule has 6 heteroatoms. The Labute approximate surface area is 128 Å². The first-order valence-corrected chi connectivity index (χ1v) is 7.48. The number of carbonyl (C=O) groups is 1. The summed E-state index contributed by atoms with van der Waals surface area (Å²) < 4.78 is 14.2. The van der Waals surface area contributed by atoms with Gasteiger partial charge in [-0.05, 0) is 34.0 Å². The number of aliphatic carboxylic acids is 1. The molecule has 104 valence electrons. The quantitative estimate of drug-likeness (QED) is 0.829. The number of aromatic nitrogens is 1. The summed E-state index contributed by atoms with van der Waals surface area (Å²) in [6.45, 7) is 0. The Kier molecular flexibility index (Phi) is 5.14. The molecule has 3 nitrogen and oxygen atoms in total. The molecule has 1 unspecified atom stereocenters. The molecular formula is C14H11BrFNO2S. The van der Waals surface area contributed by atoms with Crippen LogP contribution in [-0.2, 0) is 11.2 Å². The van der Waals surface area contributed by atoms with Crippen LogP contribution in [0.3, 0.4) is 0 Å². The molecule has 0 aliphatic carbocycles. The van der Waals surface area contributed by atoms with Crippen molar-refractivity contribution in [3.05, 3.63) is 58.4 Å². The number of hydrogen-bond donors (Lipinski definition) is 1. The van der Waals surface area contributed by atoms with E-state index in [0.29, 0.717) is 10.9 Å². The highest BCUT2D eigenvalue weighted by Crippen LogP contribution is 2.28. The third-order valence-corrected chi connectivity index (χ3v) is 4.18. The molecule has 1 aromatic carbocycles. The van der Waals surface area contributed by atoms with E-state index in [2.05, 4.69) is 20.9 Å². The van der Waals surface area contributed by atoms with Crippen LogP contribution in [0.15, 0.2) is 52.1 Å². The van der Waals surface area contributed by atoms with E-state index in [-0.39, 0.29) is 5.03 Å². The summed E-state index contributed by atoms with van der Waals surface area (Å²) in [5, 5.41) is 8.58. The van der Waals surface area contributed by atoms with Crippen molar-refractivity contribution in [2.24, 2.45) is 0 Å². The van der Waals surface area contributed by atoms with Gasteiger partial charge in [0.2, 0.25) is 0 Å². The van der Waals surface area contributed by atoms with Gasteiger partial charge in [-0.1, -0.05) is 42.1 Å². The van der Waals surface area contributed by atoms with Gasteiger partial charge in [0.05, 0.1) is 0 Å². The topological polar surface area (TPSA) is 50.2 Å². The molecule has 1 atom stereocenters. The van der Waals surface area contributed by atoms with Crippen LogP contribution in [0.1, 0.15) is 5.56 Å². The second kappa shape index (κ2) is 6.85. The molecule has 2 rings (SSSR count). The maximum absolute atomic E-state index is 13.7. The normalized spacial score (nSPS) is 12.1. The lowest BCUT2D eigenvalue weighted by Crippen LogP contribution is -2.19. The summed E-state index contributed by atoms with van der Waals surface area (Å²) in [5.74, 6) is -1.51. The van der Waals surface area contributed by atoms with Crippen molar-refractivity contribution in [3.63, 3.8) is 0 Å². The Morgan fingerprint density at radius 1 is 1.40 bits per heavy atom. The first-order valence-electron chi connectivity index (χ1n) is 5.80. The van der Waals surface area contributed by atoms with Crippen molar-refractivity contribution in [1.29, 1.82) is 0 Å². The molecule has 0 aliphatic heterocycles. The number of halogens is 2. The molecule has 2 aromatic rings. The van der Waals surface area contributed by atoms with Gasteiger partial charge in [-0.15, -0.1) is 0 Å². The van der Waals surface area contributed by atoms with Crippen LogP contribution >= 0.6 is 27.7 Å². The summed E-state index contributed by atoms with van der Waals surface area (Å²) >= 11 is 4.04. The molecule has 0 radical (unpaired) electrons. The molecule has 1 N–H and O–H groups in total. The highest BCUT2D eigenvalue weighted by molar-refractivity contribution is 9.10. The first-order chi connectivity index (χ1) is 9.56. The molecule has 0 aliphatic rings. The van der Waals surface area contributed by atoms with Crippen molar-refractivity contribution in [2.75, 3.05) is 0 Å². The Morgan fingerprint density at radius 3 is 2.70 bits per heavy atom. The SMILES string of the molecule is O=C(O)C(Cc1ccccc1)Sc1ncc(Br)cc1F. The van der Waals surface area contributed by atoms with Gasteiger partial charge in [0.25, 0.3) is 0 Å². The maximum atomic E-state index is 13.7. The number of pyridine rings is 1. The van der Waals surface area contributed by atoms with E-state index in [1.165, 1.54) is 12.3 Å². The first kappa shape index (κ1) is 15.0. The number of rotatable bonds is 5. The molecule has 0 spiro atoms. The number of nitrogens with zero attached hydrogens (tertiary/aromatic N) is 1. The van der Waals surface area contributed by atoms with E-state index >= 15 is 0 Å². The molecule has 1 aromatic heterocycles. The second-order valence-electron chi connectivity index (χ2n) is 4.07. The molecule has 0 saturated carbocycles. The average Bonchev–Trinajstić information content (AvgIpc) is 2.42. The fourth-order valence-electron chi connectivity index (χ4n) is 1.63. The standard InChI is InChI=1S/C14H11BrFNO2S/c15-10-7-11(16)13(17-8-10)20-12(14(18)19)6-9-4-2-1-3-5-9/h1-5,7-8,12H,6H2,(H,18,19). The van der Waals surface area contributed by atoms with Gasteiger partial charge < -0.3 is 5.11 Å². The molecule has 0 fully saturated rings. The van der Waals surface area contributed by atoms with Crippen LogP contribution in [0, 0.1) is 5.82 Å². The molecular weight excluding hydrogens is 345 g/mol. The molecule has 0 bridgehead atoms. The highest BCUT2D eigenvalue weighted by Gasteiger charge is 2.22. The van der Waals surface area contributed by atoms with E-state index in [1.54, 1.807) is 0 Å². The van der Waals surface area contributed by atoms with Gasteiger partial charge in [-0.3, -0.25) is 4.79 Å². The van der Waals surface area contributed by atoms with E-state index in [9.17, 15) is 14.3 Å². The largest absolute Gasteiger partial charge is 0.480 e. The van der Waals surface area contributed by atoms with Crippen LogP contribution in [0.2, 0.25) is 0 Å². The summed E-state index contributed by atoms with van der Waals surface area (Å²) in [5.41, 5.74) is 0.893. The lowest BCUT2D eigenvalue weighted by molar-refractivity contribution is -0.136.